The number of likely N-dealkylation sites (N-methyl/N-ethyl adjacent to an activating group) is 1. The van der Waals surface area contributed by atoms with Crippen LogP contribution in [0.4, 0.5) is 0 Å². The lowest BCUT2D eigenvalue weighted by atomic mass is 9.95. The smallest absolute Gasteiger partial charge is 0.225 e. The Balaban J connectivity index is 1.38. The van der Waals surface area contributed by atoms with Gasteiger partial charge in [-0.25, -0.2) is 0 Å². The first-order valence-corrected chi connectivity index (χ1v) is 11.3. The molecule has 5 heteroatoms. The average molecular weight is 425 g/mol. The molecule has 168 valence electrons. The summed E-state index contributed by atoms with van der Waals surface area (Å²) in [4.78, 5) is 17.3. The minimum Gasteiger partial charge on any atom is -0.493 e. The first-order chi connectivity index (χ1) is 15.1. The van der Waals surface area contributed by atoms with Gasteiger partial charge in [0.25, 0.3) is 0 Å². The number of hydrogen-bond donors (Lipinski definition) is 0. The van der Waals surface area contributed by atoms with E-state index in [0.717, 1.165) is 62.4 Å². The Hall–Kier alpha value is -2.53. The van der Waals surface area contributed by atoms with E-state index in [2.05, 4.69) is 35.2 Å². The van der Waals surface area contributed by atoms with Gasteiger partial charge in [0.05, 0.1) is 14.2 Å². The predicted octanol–water partition coefficient (Wildman–Crippen LogP) is 4.05. The van der Waals surface area contributed by atoms with Crippen molar-refractivity contribution in [1.29, 1.82) is 0 Å². The van der Waals surface area contributed by atoms with E-state index in [1.165, 1.54) is 12.0 Å². The molecule has 0 aliphatic carbocycles. The molecule has 2 aromatic carbocycles. The lowest BCUT2D eigenvalue weighted by Crippen LogP contribution is -2.42. The van der Waals surface area contributed by atoms with Gasteiger partial charge in [-0.3, -0.25) is 4.79 Å². The molecule has 2 aromatic rings. The summed E-state index contributed by atoms with van der Waals surface area (Å²) in [5.41, 5.74) is 2.55. The largest absolute Gasteiger partial charge is 0.493 e. The number of aryl methyl sites for hydroxylation is 1. The maximum absolute atomic E-state index is 12.9. The second kappa shape index (κ2) is 11.8. The molecule has 3 rings (SSSR count). The van der Waals surface area contributed by atoms with Gasteiger partial charge in [0.15, 0.2) is 11.5 Å². The van der Waals surface area contributed by atoms with Crippen molar-refractivity contribution in [3.05, 3.63) is 59.7 Å². The molecule has 5 nitrogen and oxygen atoms in total. The summed E-state index contributed by atoms with van der Waals surface area (Å²) in [7, 11) is 5.21. The highest BCUT2D eigenvalue weighted by Gasteiger charge is 2.26. The number of carbonyl (C=O) groups is 1. The minimum absolute atomic E-state index is 0.153. The van der Waals surface area contributed by atoms with Crippen molar-refractivity contribution in [3.63, 3.8) is 0 Å². The number of hydrogen-bond acceptors (Lipinski definition) is 4. The minimum atomic E-state index is 0.153. The average Bonchev–Trinajstić information content (AvgIpc) is 2.83. The number of methoxy groups -OCH3 is 2. The van der Waals surface area contributed by atoms with Crippen molar-refractivity contribution < 1.29 is 14.3 Å². The highest BCUT2D eigenvalue weighted by atomic mass is 16.5. The van der Waals surface area contributed by atoms with Crippen LogP contribution in [0.25, 0.3) is 0 Å². The number of benzene rings is 2. The summed E-state index contributed by atoms with van der Waals surface area (Å²) in [6.45, 7) is 3.87. The van der Waals surface area contributed by atoms with Crippen LogP contribution in [0, 0.1) is 5.92 Å². The quantitative estimate of drug-likeness (QED) is 0.577. The molecular formula is C26H36N2O3. The number of likely N-dealkylation sites (tertiary alicyclic amines) is 1. The fraction of sp³-hybridized carbons (Fsp3) is 0.500. The van der Waals surface area contributed by atoms with E-state index in [9.17, 15) is 4.79 Å². The predicted molar refractivity (Wildman–Crippen MR) is 125 cm³/mol. The van der Waals surface area contributed by atoms with Crippen LogP contribution in [0.3, 0.4) is 0 Å². The number of rotatable bonds is 10. The van der Waals surface area contributed by atoms with E-state index in [1.807, 2.05) is 30.1 Å². The third-order valence-electron chi connectivity index (χ3n) is 6.28. The van der Waals surface area contributed by atoms with E-state index >= 15 is 0 Å². The van der Waals surface area contributed by atoms with Gasteiger partial charge in [-0.2, -0.15) is 0 Å². The van der Waals surface area contributed by atoms with Crippen LogP contribution in [0.2, 0.25) is 0 Å². The summed E-state index contributed by atoms with van der Waals surface area (Å²) in [5.74, 6) is 1.89. The zero-order valence-corrected chi connectivity index (χ0v) is 19.2. The van der Waals surface area contributed by atoms with Gasteiger partial charge in [-0.15, -0.1) is 0 Å². The summed E-state index contributed by atoms with van der Waals surface area (Å²) in [6, 6.07) is 16.6. The van der Waals surface area contributed by atoms with Crippen molar-refractivity contribution in [2.24, 2.45) is 5.92 Å². The van der Waals surface area contributed by atoms with E-state index in [-0.39, 0.29) is 11.8 Å². The first kappa shape index (κ1) is 23.1. The van der Waals surface area contributed by atoms with Crippen molar-refractivity contribution in [3.8, 4) is 11.5 Å². The molecule has 1 fully saturated rings. The van der Waals surface area contributed by atoms with Gasteiger partial charge in [-0.05, 0) is 75.0 Å². The molecule has 0 atom stereocenters. The molecule has 1 amide bonds. The number of piperidine rings is 1. The molecule has 1 heterocycles. The highest BCUT2D eigenvalue weighted by molar-refractivity contribution is 5.78. The lowest BCUT2D eigenvalue weighted by Gasteiger charge is -2.33. The molecule has 0 spiro atoms. The Bertz CT molecular complexity index is 817. The SMILES string of the molecule is COc1ccc(CCN(C)C(=O)C2CCN(CCCc3ccccc3)CC2)cc1OC. The molecule has 0 aromatic heterocycles. The zero-order valence-electron chi connectivity index (χ0n) is 19.2. The normalized spacial score (nSPS) is 14.9. The van der Waals surface area contributed by atoms with Gasteiger partial charge < -0.3 is 19.3 Å². The molecule has 1 saturated heterocycles. The Labute approximate surface area is 187 Å². The molecular weight excluding hydrogens is 388 g/mol. The van der Waals surface area contributed by atoms with Crippen LogP contribution in [0.15, 0.2) is 48.5 Å². The highest BCUT2D eigenvalue weighted by Crippen LogP contribution is 2.28. The molecule has 0 unspecified atom stereocenters. The van der Waals surface area contributed by atoms with Crippen molar-refractivity contribution in [2.45, 2.75) is 32.1 Å². The van der Waals surface area contributed by atoms with Crippen LogP contribution in [0.5, 0.6) is 11.5 Å². The molecule has 0 bridgehead atoms. The van der Waals surface area contributed by atoms with Crippen LogP contribution >= 0.6 is 0 Å². The first-order valence-electron chi connectivity index (χ1n) is 11.3. The summed E-state index contributed by atoms with van der Waals surface area (Å²) in [5, 5.41) is 0. The summed E-state index contributed by atoms with van der Waals surface area (Å²) < 4.78 is 10.7. The van der Waals surface area contributed by atoms with Gasteiger partial charge in [-0.1, -0.05) is 36.4 Å². The second-order valence-electron chi connectivity index (χ2n) is 8.40. The third kappa shape index (κ3) is 6.73. The standard InChI is InChI=1S/C26H36N2O3/c1-27(17-13-22-11-12-24(30-2)25(20-22)31-3)26(29)23-14-18-28(19-15-23)16-7-10-21-8-5-4-6-9-21/h4-6,8-9,11-12,20,23H,7,10,13-19H2,1-3H3. The summed E-state index contributed by atoms with van der Waals surface area (Å²) in [6.07, 6.45) is 5.03. The molecule has 1 aliphatic rings. The van der Waals surface area contributed by atoms with E-state index in [4.69, 9.17) is 9.47 Å². The molecule has 0 saturated carbocycles. The van der Waals surface area contributed by atoms with E-state index in [0.29, 0.717) is 6.54 Å². The Morgan fingerprint density at radius 1 is 0.968 bits per heavy atom. The number of carbonyl (C=O) groups excluding carboxylic acids is 1. The lowest BCUT2D eigenvalue weighted by molar-refractivity contribution is -0.135. The number of nitrogens with zero attached hydrogens (tertiary/aromatic N) is 2. The molecule has 0 N–H and O–H groups in total. The Kier molecular flexibility index (Phi) is 8.77. The van der Waals surface area contributed by atoms with Gasteiger partial charge in [0.2, 0.25) is 5.91 Å². The topological polar surface area (TPSA) is 42.0 Å². The monoisotopic (exact) mass is 424 g/mol. The van der Waals surface area contributed by atoms with Crippen LogP contribution in [-0.4, -0.2) is 63.2 Å². The van der Waals surface area contributed by atoms with Crippen molar-refractivity contribution in [2.75, 3.05) is 47.4 Å². The van der Waals surface area contributed by atoms with Crippen molar-refractivity contribution >= 4 is 5.91 Å². The van der Waals surface area contributed by atoms with Crippen LogP contribution < -0.4 is 9.47 Å². The van der Waals surface area contributed by atoms with Gasteiger partial charge >= 0.3 is 0 Å². The third-order valence-corrected chi connectivity index (χ3v) is 6.28. The second-order valence-corrected chi connectivity index (χ2v) is 8.40. The van der Waals surface area contributed by atoms with Crippen LogP contribution in [-0.2, 0) is 17.6 Å². The number of ether oxygens (including phenoxy) is 2. The number of amides is 1. The van der Waals surface area contributed by atoms with Gasteiger partial charge in [0.1, 0.15) is 0 Å². The molecule has 31 heavy (non-hydrogen) atoms. The van der Waals surface area contributed by atoms with Gasteiger partial charge in [0, 0.05) is 19.5 Å². The summed E-state index contributed by atoms with van der Waals surface area (Å²) >= 11 is 0. The zero-order chi connectivity index (χ0) is 22.1. The van der Waals surface area contributed by atoms with Crippen LogP contribution in [0.1, 0.15) is 30.4 Å². The maximum Gasteiger partial charge on any atom is 0.225 e. The Morgan fingerprint density at radius 3 is 2.35 bits per heavy atom. The van der Waals surface area contributed by atoms with E-state index in [1.54, 1.807) is 14.2 Å². The fourth-order valence-corrected chi connectivity index (χ4v) is 4.31. The van der Waals surface area contributed by atoms with E-state index < -0.39 is 0 Å². The fourth-order valence-electron chi connectivity index (χ4n) is 4.31. The molecule has 0 radical (unpaired) electrons. The maximum atomic E-state index is 12.9. The van der Waals surface area contributed by atoms with Crippen molar-refractivity contribution in [1.82, 2.24) is 9.80 Å². The Morgan fingerprint density at radius 2 is 1.68 bits per heavy atom. The molecule has 1 aliphatic heterocycles.